The number of carbonyl (C=O) groups excluding carboxylic acids is 1. The Morgan fingerprint density at radius 2 is 1.76 bits per heavy atom. The minimum atomic E-state index is -3.07. The molecule has 1 aromatic rings. The molecule has 0 aliphatic rings. The summed E-state index contributed by atoms with van der Waals surface area (Å²) in [5, 5.41) is 14.3. The topological polar surface area (TPSA) is 113 Å². The summed E-state index contributed by atoms with van der Waals surface area (Å²) in [5.41, 5.74) is 1.00. The number of carboxylic acid groups (broad SMARTS) is 1. The molecule has 0 spiro atoms. The summed E-state index contributed by atoms with van der Waals surface area (Å²) in [7, 11) is -3.07. The zero-order valence-corrected chi connectivity index (χ0v) is 15.4. The van der Waals surface area contributed by atoms with Crippen molar-refractivity contribution < 1.29 is 23.1 Å². The lowest BCUT2D eigenvalue weighted by atomic mass is 10.0. The largest absolute Gasteiger partial charge is 0.481 e. The summed E-state index contributed by atoms with van der Waals surface area (Å²) in [4.78, 5) is 22.9. The van der Waals surface area contributed by atoms with Gasteiger partial charge in [-0.1, -0.05) is 30.3 Å². The maximum absolute atomic E-state index is 12.1. The van der Waals surface area contributed by atoms with E-state index in [2.05, 4.69) is 10.6 Å². The zero-order chi connectivity index (χ0) is 18.9. The van der Waals surface area contributed by atoms with Gasteiger partial charge < -0.3 is 15.7 Å². The van der Waals surface area contributed by atoms with Crippen molar-refractivity contribution in [2.24, 2.45) is 0 Å². The Kier molecular flexibility index (Phi) is 8.40. The molecule has 2 unspecified atom stereocenters. The molecule has 1 aromatic carbocycles. The Morgan fingerprint density at radius 1 is 1.12 bits per heavy atom. The molecule has 25 heavy (non-hydrogen) atoms. The Hall–Kier alpha value is -2.09. The third-order valence-electron chi connectivity index (χ3n) is 3.67. The molecule has 2 amide bonds. The number of hydrogen-bond acceptors (Lipinski definition) is 4. The van der Waals surface area contributed by atoms with Crippen LogP contribution in [0.1, 0.15) is 31.7 Å². The number of amides is 2. The SMILES string of the molecule is CC(CCS(C)(=O)=O)NC(=O)NC(CCC(=O)O)Cc1ccccc1. The first-order chi connectivity index (χ1) is 11.7. The van der Waals surface area contributed by atoms with Crippen LogP contribution in [0.15, 0.2) is 30.3 Å². The molecular formula is C17H26N2O5S. The molecule has 0 radical (unpaired) electrons. The van der Waals surface area contributed by atoms with Crippen LogP contribution in [-0.2, 0) is 21.1 Å². The van der Waals surface area contributed by atoms with Crippen LogP contribution in [-0.4, -0.2) is 49.6 Å². The van der Waals surface area contributed by atoms with E-state index in [9.17, 15) is 18.0 Å². The molecule has 0 saturated heterocycles. The van der Waals surface area contributed by atoms with Crippen LogP contribution in [0.5, 0.6) is 0 Å². The number of urea groups is 1. The first-order valence-electron chi connectivity index (χ1n) is 8.16. The van der Waals surface area contributed by atoms with Gasteiger partial charge in [0.2, 0.25) is 0 Å². The summed E-state index contributed by atoms with van der Waals surface area (Å²) in [6.07, 6.45) is 2.28. The number of hydrogen-bond donors (Lipinski definition) is 3. The molecule has 0 bridgehead atoms. The molecule has 0 aliphatic carbocycles. The van der Waals surface area contributed by atoms with Gasteiger partial charge in [-0.2, -0.15) is 0 Å². The molecule has 0 aromatic heterocycles. The van der Waals surface area contributed by atoms with Gasteiger partial charge in [0.1, 0.15) is 9.84 Å². The minimum absolute atomic E-state index is 0.000898. The highest BCUT2D eigenvalue weighted by molar-refractivity contribution is 7.90. The third kappa shape index (κ3) is 10.4. The Morgan fingerprint density at radius 3 is 2.32 bits per heavy atom. The van der Waals surface area contributed by atoms with Gasteiger partial charge in [-0.15, -0.1) is 0 Å². The van der Waals surface area contributed by atoms with Crippen LogP contribution in [0.3, 0.4) is 0 Å². The van der Waals surface area contributed by atoms with Crippen LogP contribution < -0.4 is 10.6 Å². The minimum Gasteiger partial charge on any atom is -0.481 e. The molecule has 140 valence electrons. The van der Waals surface area contributed by atoms with E-state index in [1.165, 1.54) is 0 Å². The van der Waals surface area contributed by atoms with Gasteiger partial charge in [0.15, 0.2) is 0 Å². The third-order valence-corrected chi connectivity index (χ3v) is 4.64. The monoisotopic (exact) mass is 370 g/mol. The molecule has 7 nitrogen and oxygen atoms in total. The zero-order valence-electron chi connectivity index (χ0n) is 14.6. The summed E-state index contributed by atoms with van der Waals surface area (Å²) in [6.45, 7) is 1.73. The van der Waals surface area contributed by atoms with Crippen LogP contribution >= 0.6 is 0 Å². The first-order valence-corrected chi connectivity index (χ1v) is 10.2. The average Bonchev–Trinajstić information content (AvgIpc) is 2.51. The molecule has 8 heteroatoms. The summed E-state index contributed by atoms with van der Waals surface area (Å²) >= 11 is 0. The Balaban J connectivity index is 2.56. The molecule has 3 N–H and O–H groups in total. The van der Waals surface area contributed by atoms with E-state index in [0.717, 1.165) is 11.8 Å². The lowest BCUT2D eigenvalue weighted by Crippen LogP contribution is -2.46. The second kappa shape index (κ2) is 10.0. The fraction of sp³-hybridized carbons (Fsp3) is 0.529. The number of rotatable bonds is 10. The van der Waals surface area contributed by atoms with Crippen molar-refractivity contribution in [2.45, 2.75) is 44.7 Å². The van der Waals surface area contributed by atoms with Gasteiger partial charge in [0, 0.05) is 24.8 Å². The quantitative estimate of drug-likeness (QED) is 0.579. The van der Waals surface area contributed by atoms with Crippen molar-refractivity contribution in [1.82, 2.24) is 10.6 Å². The van der Waals surface area contributed by atoms with E-state index >= 15 is 0 Å². The molecular weight excluding hydrogens is 344 g/mol. The number of nitrogens with one attached hydrogen (secondary N) is 2. The van der Waals surface area contributed by atoms with Crippen molar-refractivity contribution in [2.75, 3.05) is 12.0 Å². The van der Waals surface area contributed by atoms with E-state index in [1.54, 1.807) is 6.92 Å². The van der Waals surface area contributed by atoms with Gasteiger partial charge in [-0.3, -0.25) is 4.79 Å². The van der Waals surface area contributed by atoms with Crippen molar-refractivity contribution in [3.05, 3.63) is 35.9 Å². The average molecular weight is 370 g/mol. The maximum atomic E-state index is 12.1. The van der Waals surface area contributed by atoms with Crippen molar-refractivity contribution >= 4 is 21.8 Å². The molecule has 0 heterocycles. The smallest absolute Gasteiger partial charge is 0.315 e. The van der Waals surface area contributed by atoms with Crippen molar-refractivity contribution in [3.8, 4) is 0 Å². The predicted octanol–water partition coefficient (Wildman–Crippen LogP) is 1.58. The van der Waals surface area contributed by atoms with Crippen molar-refractivity contribution in [1.29, 1.82) is 0 Å². The Labute approximate surface area is 148 Å². The number of sulfone groups is 1. The summed E-state index contributed by atoms with van der Waals surface area (Å²) < 4.78 is 22.3. The van der Waals surface area contributed by atoms with E-state index in [-0.39, 0.29) is 24.3 Å². The van der Waals surface area contributed by atoms with Gasteiger partial charge in [0.25, 0.3) is 0 Å². The lowest BCUT2D eigenvalue weighted by molar-refractivity contribution is -0.137. The number of aliphatic carboxylic acids is 1. The molecule has 2 atom stereocenters. The number of benzene rings is 1. The fourth-order valence-corrected chi connectivity index (χ4v) is 3.12. The van der Waals surface area contributed by atoms with Crippen molar-refractivity contribution in [3.63, 3.8) is 0 Å². The van der Waals surface area contributed by atoms with Gasteiger partial charge in [-0.05, 0) is 31.7 Å². The second-order valence-corrected chi connectivity index (χ2v) is 8.52. The highest BCUT2D eigenvalue weighted by Crippen LogP contribution is 2.08. The van der Waals surface area contributed by atoms with E-state index in [0.29, 0.717) is 19.3 Å². The van der Waals surface area contributed by atoms with Crippen LogP contribution in [0, 0.1) is 0 Å². The lowest BCUT2D eigenvalue weighted by Gasteiger charge is -2.21. The van der Waals surface area contributed by atoms with E-state index in [4.69, 9.17) is 5.11 Å². The molecule has 0 saturated carbocycles. The standard InChI is InChI=1S/C17H26N2O5S/c1-13(10-11-25(2,23)24)18-17(22)19-15(8-9-16(20)21)12-14-6-4-3-5-7-14/h3-7,13,15H,8-12H2,1-2H3,(H,20,21)(H2,18,19,22). The first kappa shape index (κ1) is 21.0. The van der Waals surface area contributed by atoms with Crippen LogP contribution in [0.4, 0.5) is 4.79 Å². The normalized spacial score (nSPS) is 13.7. The highest BCUT2D eigenvalue weighted by atomic mass is 32.2. The van der Waals surface area contributed by atoms with Gasteiger partial charge >= 0.3 is 12.0 Å². The van der Waals surface area contributed by atoms with Crippen LogP contribution in [0.2, 0.25) is 0 Å². The van der Waals surface area contributed by atoms with E-state index < -0.39 is 21.8 Å². The summed E-state index contributed by atoms with van der Waals surface area (Å²) in [5.74, 6) is -0.914. The molecule has 0 aliphatic heterocycles. The predicted molar refractivity (Wildman–Crippen MR) is 96.3 cm³/mol. The number of carboxylic acids is 1. The van der Waals surface area contributed by atoms with Gasteiger partial charge in [0.05, 0.1) is 5.75 Å². The summed E-state index contributed by atoms with van der Waals surface area (Å²) in [6, 6.07) is 8.46. The molecule has 1 rings (SSSR count). The number of carbonyl (C=O) groups is 2. The molecule has 0 fully saturated rings. The maximum Gasteiger partial charge on any atom is 0.315 e. The fourth-order valence-electron chi connectivity index (χ4n) is 2.34. The van der Waals surface area contributed by atoms with E-state index in [1.807, 2.05) is 30.3 Å². The van der Waals surface area contributed by atoms with Crippen LogP contribution in [0.25, 0.3) is 0 Å². The Bertz CT molecular complexity index is 661. The van der Waals surface area contributed by atoms with Gasteiger partial charge in [-0.25, -0.2) is 13.2 Å². The second-order valence-electron chi connectivity index (χ2n) is 6.26. The highest BCUT2D eigenvalue weighted by Gasteiger charge is 2.16.